The molecule has 2 aliphatic heterocycles. The van der Waals surface area contributed by atoms with E-state index in [0.29, 0.717) is 12.1 Å². The maximum absolute atomic E-state index is 5.94. The molecule has 0 aromatic heterocycles. The van der Waals surface area contributed by atoms with Gasteiger partial charge in [0, 0.05) is 59.1 Å². The molecule has 2 saturated heterocycles. The van der Waals surface area contributed by atoms with Gasteiger partial charge in [-0.15, -0.1) is 24.0 Å². The van der Waals surface area contributed by atoms with E-state index in [9.17, 15) is 0 Å². The van der Waals surface area contributed by atoms with Gasteiger partial charge in [0.15, 0.2) is 5.96 Å². The molecule has 3 aliphatic rings. The molecule has 6 nitrogen and oxygen atoms in total. The molecule has 0 atom stereocenters. The number of piperidine rings is 1. The number of hydrogen-bond donors (Lipinski definition) is 2. The Hall–Kier alpha value is -0.120. The Labute approximate surface area is 195 Å². The minimum atomic E-state index is 0. The molecule has 1 aliphatic carbocycles. The van der Waals surface area contributed by atoms with Crippen LogP contribution in [-0.2, 0) is 9.47 Å². The Kier molecular flexibility index (Phi) is 12.8. The Balaban J connectivity index is 0.00000300. The summed E-state index contributed by atoms with van der Waals surface area (Å²) in [4.78, 5) is 7.10. The van der Waals surface area contributed by atoms with Gasteiger partial charge in [-0.1, -0.05) is 19.3 Å². The molecule has 0 aromatic carbocycles. The molecule has 0 unspecified atom stereocenters. The number of aliphatic imine (C=N–C) groups is 1. The van der Waals surface area contributed by atoms with Crippen molar-refractivity contribution in [3.8, 4) is 0 Å². The molecule has 0 spiro atoms. The second kappa shape index (κ2) is 14.8. The van der Waals surface area contributed by atoms with Crippen LogP contribution in [0.3, 0.4) is 0 Å². The van der Waals surface area contributed by atoms with Crippen LogP contribution in [0.2, 0.25) is 0 Å². The molecule has 170 valence electrons. The lowest BCUT2D eigenvalue weighted by Gasteiger charge is -2.36. The first-order valence-electron chi connectivity index (χ1n) is 11.7. The zero-order valence-electron chi connectivity index (χ0n) is 18.4. The zero-order chi connectivity index (χ0) is 19.4. The molecular formula is C22H43IN4O2. The maximum Gasteiger partial charge on any atom is 0.191 e. The molecule has 7 heteroatoms. The van der Waals surface area contributed by atoms with Crippen molar-refractivity contribution in [3.63, 3.8) is 0 Å². The monoisotopic (exact) mass is 522 g/mol. The third kappa shape index (κ3) is 9.70. The van der Waals surface area contributed by atoms with Gasteiger partial charge in [0.2, 0.25) is 0 Å². The maximum atomic E-state index is 5.94. The van der Waals surface area contributed by atoms with Gasteiger partial charge in [-0.25, -0.2) is 0 Å². The SMILES string of the molecule is CN=C(NCCCOC1CCOCC1)NC1CCN(CC2CCCCC2)CC1.I. The van der Waals surface area contributed by atoms with Crippen molar-refractivity contribution in [3.05, 3.63) is 0 Å². The Bertz CT molecular complexity index is 446. The number of nitrogens with one attached hydrogen (secondary N) is 2. The molecule has 29 heavy (non-hydrogen) atoms. The lowest BCUT2D eigenvalue weighted by atomic mass is 9.88. The molecule has 0 amide bonds. The number of guanidine groups is 1. The van der Waals surface area contributed by atoms with Crippen molar-refractivity contribution in [1.82, 2.24) is 15.5 Å². The van der Waals surface area contributed by atoms with Crippen LogP contribution in [0.25, 0.3) is 0 Å². The number of nitrogens with zero attached hydrogens (tertiary/aromatic N) is 2. The van der Waals surface area contributed by atoms with E-state index in [4.69, 9.17) is 9.47 Å². The van der Waals surface area contributed by atoms with Gasteiger partial charge >= 0.3 is 0 Å². The van der Waals surface area contributed by atoms with Crippen LogP contribution >= 0.6 is 24.0 Å². The normalized spacial score (nSPS) is 23.6. The topological polar surface area (TPSA) is 58.1 Å². The molecule has 0 radical (unpaired) electrons. The minimum Gasteiger partial charge on any atom is -0.381 e. The molecule has 2 heterocycles. The average molecular weight is 523 g/mol. The van der Waals surface area contributed by atoms with Gasteiger partial charge in [0.25, 0.3) is 0 Å². The van der Waals surface area contributed by atoms with Gasteiger partial charge in [-0.05, 0) is 50.9 Å². The second-order valence-electron chi connectivity index (χ2n) is 8.76. The van der Waals surface area contributed by atoms with Gasteiger partial charge < -0.3 is 25.0 Å². The highest BCUT2D eigenvalue weighted by Gasteiger charge is 2.23. The van der Waals surface area contributed by atoms with E-state index >= 15 is 0 Å². The molecule has 0 bridgehead atoms. The van der Waals surface area contributed by atoms with Crippen molar-refractivity contribution in [2.45, 2.75) is 76.4 Å². The number of hydrogen-bond acceptors (Lipinski definition) is 4. The third-order valence-electron chi connectivity index (χ3n) is 6.53. The first-order valence-corrected chi connectivity index (χ1v) is 11.7. The summed E-state index contributed by atoms with van der Waals surface area (Å²) < 4.78 is 11.3. The summed E-state index contributed by atoms with van der Waals surface area (Å²) in [6.07, 6.45) is 13.2. The van der Waals surface area contributed by atoms with Crippen LogP contribution in [-0.4, -0.2) is 76.1 Å². The average Bonchev–Trinajstić information content (AvgIpc) is 2.75. The van der Waals surface area contributed by atoms with Gasteiger partial charge in [0.05, 0.1) is 6.10 Å². The summed E-state index contributed by atoms with van der Waals surface area (Å²) in [6.45, 7) is 7.19. The van der Waals surface area contributed by atoms with E-state index in [0.717, 1.165) is 57.5 Å². The summed E-state index contributed by atoms with van der Waals surface area (Å²) >= 11 is 0. The van der Waals surface area contributed by atoms with E-state index in [-0.39, 0.29) is 24.0 Å². The standard InChI is InChI=1S/C22H42N4O2.HI/c1-23-22(24-12-5-15-28-21-10-16-27-17-11-21)25-20-8-13-26(14-9-20)18-19-6-3-2-4-7-19;/h19-21H,2-18H2,1H3,(H2,23,24,25);1H. The third-order valence-corrected chi connectivity index (χ3v) is 6.53. The van der Waals surface area contributed by atoms with E-state index in [1.54, 1.807) is 0 Å². The lowest BCUT2D eigenvalue weighted by molar-refractivity contribution is -0.0320. The van der Waals surface area contributed by atoms with Crippen molar-refractivity contribution in [2.24, 2.45) is 10.9 Å². The molecule has 2 N–H and O–H groups in total. The number of likely N-dealkylation sites (tertiary alicyclic amines) is 1. The second-order valence-corrected chi connectivity index (χ2v) is 8.76. The fourth-order valence-electron chi connectivity index (χ4n) is 4.75. The van der Waals surface area contributed by atoms with Gasteiger partial charge in [0.1, 0.15) is 0 Å². The zero-order valence-corrected chi connectivity index (χ0v) is 20.7. The van der Waals surface area contributed by atoms with E-state index in [1.165, 1.54) is 64.6 Å². The van der Waals surface area contributed by atoms with Crippen LogP contribution < -0.4 is 10.6 Å². The molecule has 3 fully saturated rings. The summed E-state index contributed by atoms with van der Waals surface area (Å²) in [5.41, 5.74) is 0. The van der Waals surface area contributed by atoms with Crippen LogP contribution in [0.15, 0.2) is 4.99 Å². The molecular weight excluding hydrogens is 479 g/mol. The smallest absolute Gasteiger partial charge is 0.191 e. The highest BCUT2D eigenvalue weighted by molar-refractivity contribution is 14.0. The Morgan fingerprint density at radius 3 is 2.45 bits per heavy atom. The predicted octanol–water partition coefficient (Wildman–Crippen LogP) is 3.40. The van der Waals surface area contributed by atoms with Gasteiger partial charge in [-0.2, -0.15) is 0 Å². The van der Waals surface area contributed by atoms with Crippen molar-refractivity contribution < 1.29 is 9.47 Å². The van der Waals surface area contributed by atoms with Crippen LogP contribution in [0.4, 0.5) is 0 Å². The van der Waals surface area contributed by atoms with Crippen molar-refractivity contribution >= 4 is 29.9 Å². The fourth-order valence-corrected chi connectivity index (χ4v) is 4.75. The molecule has 3 rings (SSSR count). The number of rotatable bonds is 8. The Morgan fingerprint density at radius 2 is 1.76 bits per heavy atom. The number of ether oxygens (including phenoxy) is 2. The highest BCUT2D eigenvalue weighted by Crippen LogP contribution is 2.25. The van der Waals surface area contributed by atoms with Crippen molar-refractivity contribution in [1.29, 1.82) is 0 Å². The minimum absolute atomic E-state index is 0. The summed E-state index contributed by atoms with van der Waals surface area (Å²) in [6, 6.07) is 0.548. The fraction of sp³-hybridized carbons (Fsp3) is 0.955. The van der Waals surface area contributed by atoms with Crippen LogP contribution in [0, 0.1) is 5.92 Å². The first-order chi connectivity index (χ1) is 13.8. The molecule has 0 aromatic rings. The highest BCUT2D eigenvalue weighted by atomic mass is 127. The Morgan fingerprint density at radius 1 is 1.03 bits per heavy atom. The summed E-state index contributed by atoms with van der Waals surface area (Å²) in [5, 5.41) is 7.08. The first kappa shape index (κ1) is 25.1. The number of halogens is 1. The molecule has 1 saturated carbocycles. The summed E-state index contributed by atoms with van der Waals surface area (Å²) in [7, 11) is 1.87. The van der Waals surface area contributed by atoms with Crippen molar-refractivity contribution in [2.75, 3.05) is 53.0 Å². The van der Waals surface area contributed by atoms with E-state index in [1.807, 2.05) is 7.05 Å². The largest absolute Gasteiger partial charge is 0.381 e. The van der Waals surface area contributed by atoms with Crippen LogP contribution in [0.1, 0.15) is 64.2 Å². The van der Waals surface area contributed by atoms with E-state index in [2.05, 4.69) is 20.5 Å². The van der Waals surface area contributed by atoms with Gasteiger partial charge in [-0.3, -0.25) is 4.99 Å². The van der Waals surface area contributed by atoms with E-state index < -0.39 is 0 Å². The van der Waals surface area contributed by atoms with Crippen LogP contribution in [0.5, 0.6) is 0 Å². The quantitative estimate of drug-likeness (QED) is 0.222. The summed E-state index contributed by atoms with van der Waals surface area (Å²) in [5.74, 6) is 1.90. The lowest BCUT2D eigenvalue weighted by Crippen LogP contribution is -2.49. The predicted molar refractivity (Wildman–Crippen MR) is 130 cm³/mol.